The fourth-order valence-electron chi connectivity index (χ4n) is 4.16. The van der Waals surface area contributed by atoms with Crippen molar-refractivity contribution >= 4 is 50.6 Å². The number of carbonyl (C=O) groups is 1. The molecule has 0 aliphatic carbocycles. The summed E-state index contributed by atoms with van der Waals surface area (Å²) >= 11 is 3.62. The van der Waals surface area contributed by atoms with Crippen LogP contribution in [0.4, 0.5) is 11.5 Å². The van der Waals surface area contributed by atoms with Crippen molar-refractivity contribution in [3.8, 4) is 0 Å². The predicted molar refractivity (Wildman–Crippen MR) is 123 cm³/mol. The molecule has 3 aromatic rings. The van der Waals surface area contributed by atoms with Crippen molar-refractivity contribution in [2.45, 2.75) is 25.4 Å². The summed E-state index contributed by atoms with van der Waals surface area (Å²) in [5.74, 6) is 0.582. The Kier molecular flexibility index (Phi) is 5.19. The minimum Gasteiger partial charge on any atom is -0.338 e. The summed E-state index contributed by atoms with van der Waals surface area (Å²) in [5, 5.41) is 4.05. The first-order valence-corrected chi connectivity index (χ1v) is 11.0. The fraction of sp³-hybridized carbons (Fsp3) is 0.381. The van der Waals surface area contributed by atoms with Crippen LogP contribution in [0.3, 0.4) is 0 Å². The minimum absolute atomic E-state index is 0.0246. The standard InChI is InChI=1S/C21H23BrN8O/c1-29(2)14-3-5-30(6-4-14)21(31)18-17(22)16-19(25-11-26-20(16)28-18)27-13-7-12-8-23-10-15(12)24-9-13/h7-9,11,14H,3-6,10H2,1-2H3,(H2,25,26,27,28). The highest BCUT2D eigenvalue weighted by atomic mass is 79.9. The van der Waals surface area contributed by atoms with E-state index in [2.05, 4.69) is 65.2 Å². The van der Waals surface area contributed by atoms with E-state index in [1.54, 1.807) is 6.20 Å². The van der Waals surface area contributed by atoms with E-state index < -0.39 is 0 Å². The topological polar surface area (TPSA) is 102 Å². The average molecular weight is 483 g/mol. The van der Waals surface area contributed by atoms with Crippen LogP contribution in [0.1, 0.15) is 34.6 Å². The SMILES string of the molecule is CN(C)C1CCN(C(=O)c2[nH]c3ncnc(Nc4cnc5c(c4)C=NC5)c3c2Br)CC1. The molecule has 0 saturated carbocycles. The molecule has 0 radical (unpaired) electrons. The Morgan fingerprint density at radius 2 is 2.06 bits per heavy atom. The van der Waals surface area contributed by atoms with Crippen LogP contribution >= 0.6 is 15.9 Å². The van der Waals surface area contributed by atoms with Crippen LogP contribution in [-0.4, -0.2) is 75.1 Å². The Balaban J connectivity index is 1.42. The number of hydrogen-bond donors (Lipinski definition) is 2. The third kappa shape index (κ3) is 3.70. The Hall–Kier alpha value is -2.85. The highest BCUT2D eigenvalue weighted by Crippen LogP contribution is 2.34. The summed E-state index contributed by atoms with van der Waals surface area (Å²) in [7, 11) is 4.18. The van der Waals surface area contributed by atoms with Crippen molar-refractivity contribution in [2.24, 2.45) is 4.99 Å². The number of amides is 1. The number of hydrogen-bond acceptors (Lipinski definition) is 7. The van der Waals surface area contributed by atoms with Gasteiger partial charge in [0.2, 0.25) is 0 Å². The number of halogens is 1. The molecule has 9 nitrogen and oxygen atoms in total. The molecule has 0 aromatic carbocycles. The third-order valence-corrected chi connectivity index (χ3v) is 6.76. The molecule has 1 saturated heterocycles. The van der Waals surface area contributed by atoms with E-state index >= 15 is 0 Å². The second-order valence-electron chi connectivity index (χ2n) is 8.10. The minimum atomic E-state index is -0.0246. The molecule has 10 heteroatoms. The molecule has 0 spiro atoms. The number of likely N-dealkylation sites (tertiary alicyclic amines) is 1. The smallest absolute Gasteiger partial charge is 0.271 e. The molecular formula is C21H23BrN8O. The monoisotopic (exact) mass is 482 g/mol. The van der Waals surface area contributed by atoms with E-state index in [-0.39, 0.29) is 5.91 Å². The first-order valence-electron chi connectivity index (χ1n) is 10.2. The number of nitrogens with one attached hydrogen (secondary N) is 2. The Morgan fingerprint density at radius 3 is 2.84 bits per heavy atom. The van der Waals surface area contributed by atoms with Crippen molar-refractivity contribution in [1.82, 2.24) is 29.7 Å². The number of aromatic amines is 1. The van der Waals surface area contributed by atoms with Gasteiger partial charge in [0, 0.05) is 30.9 Å². The molecule has 0 atom stereocenters. The summed E-state index contributed by atoms with van der Waals surface area (Å²) in [4.78, 5) is 38.0. The van der Waals surface area contributed by atoms with Crippen molar-refractivity contribution in [2.75, 3.05) is 32.5 Å². The van der Waals surface area contributed by atoms with Crippen LogP contribution in [0.5, 0.6) is 0 Å². The molecule has 2 N–H and O–H groups in total. The second-order valence-corrected chi connectivity index (χ2v) is 8.89. The normalized spacial score (nSPS) is 16.3. The average Bonchev–Trinajstić information content (AvgIpc) is 3.38. The van der Waals surface area contributed by atoms with Gasteiger partial charge in [-0.15, -0.1) is 0 Å². The van der Waals surface area contributed by atoms with Gasteiger partial charge in [0.1, 0.15) is 23.5 Å². The molecular weight excluding hydrogens is 460 g/mol. The molecule has 0 unspecified atom stereocenters. The third-order valence-electron chi connectivity index (χ3n) is 5.96. The number of nitrogens with zero attached hydrogens (tertiary/aromatic N) is 6. The number of aliphatic imine (C=N–C) groups is 1. The fourth-order valence-corrected chi connectivity index (χ4v) is 4.81. The Morgan fingerprint density at radius 1 is 1.26 bits per heavy atom. The van der Waals surface area contributed by atoms with Gasteiger partial charge in [0.15, 0.2) is 0 Å². The first-order chi connectivity index (χ1) is 15.0. The summed E-state index contributed by atoms with van der Waals surface area (Å²) in [6.45, 7) is 2.10. The van der Waals surface area contributed by atoms with Crippen molar-refractivity contribution in [3.63, 3.8) is 0 Å². The second kappa shape index (κ2) is 8.01. The molecule has 5 rings (SSSR count). The van der Waals surface area contributed by atoms with Crippen LogP contribution in [-0.2, 0) is 6.54 Å². The van der Waals surface area contributed by atoms with E-state index in [1.165, 1.54) is 6.33 Å². The number of carbonyl (C=O) groups excluding carboxylic acids is 1. The van der Waals surface area contributed by atoms with Crippen molar-refractivity contribution in [1.29, 1.82) is 0 Å². The number of pyridine rings is 1. The highest BCUT2D eigenvalue weighted by molar-refractivity contribution is 9.10. The van der Waals surface area contributed by atoms with E-state index in [0.29, 0.717) is 34.2 Å². The van der Waals surface area contributed by atoms with Crippen molar-refractivity contribution in [3.05, 3.63) is 40.0 Å². The highest BCUT2D eigenvalue weighted by Gasteiger charge is 2.28. The van der Waals surface area contributed by atoms with E-state index in [1.807, 2.05) is 17.2 Å². The van der Waals surface area contributed by atoms with E-state index in [9.17, 15) is 4.79 Å². The maximum atomic E-state index is 13.2. The van der Waals surface area contributed by atoms with Gasteiger partial charge in [-0.3, -0.25) is 14.8 Å². The van der Waals surface area contributed by atoms with Gasteiger partial charge in [-0.25, -0.2) is 9.97 Å². The molecule has 160 valence electrons. The lowest BCUT2D eigenvalue weighted by molar-refractivity contribution is 0.0657. The van der Waals surface area contributed by atoms with Crippen LogP contribution < -0.4 is 5.32 Å². The molecule has 0 bridgehead atoms. The molecule has 3 aromatic heterocycles. The van der Waals surface area contributed by atoms with Gasteiger partial charge in [0.25, 0.3) is 5.91 Å². The number of fused-ring (bicyclic) bond motifs is 2. The number of H-pyrrole nitrogens is 1. The Bertz CT molecular complexity index is 1180. The van der Waals surface area contributed by atoms with Gasteiger partial charge in [0.05, 0.1) is 34.0 Å². The lowest BCUT2D eigenvalue weighted by Crippen LogP contribution is -2.44. The van der Waals surface area contributed by atoms with Crippen LogP contribution in [0.2, 0.25) is 0 Å². The maximum absolute atomic E-state index is 13.2. The molecule has 1 amide bonds. The van der Waals surface area contributed by atoms with E-state index in [0.717, 1.165) is 48.3 Å². The maximum Gasteiger partial charge on any atom is 0.271 e. The molecule has 31 heavy (non-hydrogen) atoms. The summed E-state index contributed by atoms with van der Waals surface area (Å²) in [6.07, 6.45) is 7.01. The molecule has 5 heterocycles. The zero-order valence-corrected chi connectivity index (χ0v) is 19.0. The lowest BCUT2D eigenvalue weighted by Gasteiger charge is -2.35. The molecule has 1 fully saturated rings. The van der Waals surface area contributed by atoms with Gasteiger partial charge >= 0.3 is 0 Å². The van der Waals surface area contributed by atoms with Gasteiger partial charge in [-0.2, -0.15) is 0 Å². The summed E-state index contributed by atoms with van der Waals surface area (Å²) < 4.78 is 0.668. The summed E-state index contributed by atoms with van der Waals surface area (Å²) in [5.41, 5.74) is 3.87. The molecule has 2 aliphatic heterocycles. The lowest BCUT2D eigenvalue weighted by atomic mass is 10.0. The number of piperidine rings is 1. The zero-order valence-electron chi connectivity index (χ0n) is 17.4. The van der Waals surface area contributed by atoms with Crippen molar-refractivity contribution < 1.29 is 4.79 Å². The van der Waals surface area contributed by atoms with Gasteiger partial charge in [-0.1, -0.05) is 0 Å². The van der Waals surface area contributed by atoms with Crippen LogP contribution in [0.15, 0.2) is 28.1 Å². The number of rotatable bonds is 4. The number of aromatic nitrogens is 4. The van der Waals surface area contributed by atoms with Gasteiger partial charge in [-0.05, 0) is 48.9 Å². The quantitative estimate of drug-likeness (QED) is 0.592. The predicted octanol–water partition coefficient (Wildman–Crippen LogP) is 2.96. The first kappa shape index (κ1) is 20.1. The summed E-state index contributed by atoms with van der Waals surface area (Å²) in [6, 6.07) is 2.51. The van der Waals surface area contributed by atoms with Crippen LogP contribution in [0, 0.1) is 0 Å². The van der Waals surface area contributed by atoms with Gasteiger partial charge < -0.3 is 20.1 Å². The zero-order chi connectivity index (χ0) is 21.5. The molecule has 2 aliphatic rings. The van der Waals surface area contributed by atoms with Crippen LogP contribution in [0.25, 0.3) is 11.0 Å². The Labute approximate surface area is 188 Å². The largest absolute Gasteiger partial charge is 0.338 e. The number of anilines is 2. The van der Waals surface area contributed by atoms with E-state index in [4.69, 9.17) is 0 Å².